The Morgan fingerprint density at radius 2 is 1.22 bits per heavy atom. The van der Waals surface area contributed by atoms with Gasteiger partial charge in [0, 0.05) is 5.56 Å². The highest BCUT2D eigenvalue weighted by Gasteiger charge is 2.51. The summed E-state index contributed by atoms with van der Waals surface area (Å²) in [5, 5.41) is 0. The van der Waals surface area contributed by atoms with Crippen LogP contribution in [-0.2, 0) is 33.1 Å². The molecule has 3 rings (SSSR count). The standard InChI is InChI=1S/C18H14F6O6S2/c19-17(20,21)31(25,26)29-14-10-9-12-7-2-1-5-11-6-3-4-8-13(11)15(12)16(14)30-32(27,28)18(22,23)24/h3-4,6,8-10H,1-2,5,7H2. The fraction of sp³-hybridized carbons (Fsp3) is 0.333. The Balaban J connectivity index is 2.33. The first-order valence-electron chi connectivity index (χ1n) is 8.90. The number of benzene rings is 2. The molecule has 176 valence electrons. The van der Waals surface area contributed by atoms with Crippen molar-refractivity contribution in [3.8, 4) is 22.6 Å². The molecular weight excluding hydrogens is 490 g/mol. The minimum atomic E-state index is -6.38. The summed E-state index contributed by atoms with van der Waals surface area (Å²) in [5.74, 6) is -2.63. The van der Waals surface area contributed by atoms with Crippen molar-refractivity contribution in [2.75, 3.05) is 0 Å². The highest BCUT2D eigenvalue weighted by atomic mass is 32.2. The van der Waals surface area contributed by atoms with E-state index in [9.17, 15) is 43.2 Å². The quantitative estimate of drug-likeness (QED) is 0.341. The summed E-state index contributed by atoms with van der Waals surface area (Å²) in [6, 6.07) is 7.90. The zero-order valence-corrected chi connectivity index (χ0v) is 17.5. The predicted octanol–water partition coefficient (Wildman–Crippen LogP) is 4.69. The van der Waals surface area contributed by atoms with Gasteiger partial charge in [0.15, 0.2) is 11.5 Å². The lowest BCUT2D eigenvalue weighted by Crippen LogP contribution is -2.30. The summed E-state index contributed by atoms with van der Waals surface area (Å²) in [6.45, 7) is 0. The lowest BCUT2D eigenvalue weighted by molar-refractivity contribution is -0.0512. The van der Waals surface area contributed by atoms with Gasteiger partial charge in [0.2, 0.25) is 0 Å². The number of hydrogen-bond acceptors (Lipinski definition) is 6. The summed E-state index contributed by atoms with van der Waals surface area (Å²) >= 11 is 0. The second-order valence-corrected chi connectivity index (χ2v) is 9.83. The lowest BCUT2D eigenvalue weighted by Gasteiger charge is -2.23. The highest BCUT2D eigenvalue weighted by molar-refractivity contribution is 7.88. The van der Waals surface area contributed by atoms with Crippen LogP contribution in [0.3, 0.4) is 0 Å². The molecule has 0 saturated carbocycles. The van der Waals surface area contributed by atoms with Crippen LogP contribution < -0.4 is 8.37 Å². The molecule has 6 nitrogen and oxygen atoms in total. The number of halogens is 6. The molecule has 0 fully saturated rings. The third-order valence-electron chi connectivity index (χ3n) is 4.60. The second kappa shape index (κ2) is 8.14. The Morgan fingerprint density at radius 1 is 0.688 bits per heavy atom. The molecule has 0 aromatic heterocycles. The van der Waals surface area contributed by atoms with Crippen LogP contribution in [-0.4, -0.2) is 27.9 Å². The maximum atomic E-state index is 13.0. The largest absolute Gasteiger partial charge is 0.534 e. The SMILES string of the molecule is O=S(=O)(Oc1ccc2c(c1OS(=O)(=O)C(F)(F)F)-c1ccccc1CCCC2)C(F)(F)F. The molecule has 0 atom stereocenters. The van der Waals surface area contributed by atoms with E-state index in [-0.39, 0.29) is 23.1 Å². The molecule has 0 amide bonds. The molecule has 0 heterocycles. The van der Waals surface area contributed by atoms with Gasteiger partial charge >= 0.3 is 31.3 Å². The van der Waals surface area contributed by atoms with Gasteiger partial charge < -0.3 is 8.37 Å². The molecule has 0 bridgehead atoms. The van der Waals surface area contributed by atoms with Crippen LogP contribution in [0, 0.1) is 0 Å². The monoisotopic (exact) mass is 504 g/mol. The molecule has 32 heavy (non-hydrogen) atoms. The van der Waals surface area contributed by atoms with E-state index in [1.54, 1.807) is 12.1 Å². The fourth-order valence-corrected chi connectivity index (χ4v) is 4.13. The first-order chi connectivity index (χ1) is 14.6. The van der Waals surface area contributed by atoms with Gasteiger partial charge in [0.25, 0.3) is 0 Å². The van der Waals surface area contributed by atoms with Crippen molar-refractivity contribution in [3.63, 3.8) is 0 Å². The Bertz CT molecular complexity index is 1230. The van der Waals surface area contributed by atoms with E-state index in [1.165, 1.54) is 12.1 Å². The minimum absolute atomic E-state index is 0.185. The molecule has 14 heteroatoms. The van der Waals surface area contributed by atoms with Crippen molar-refractivity contribution in [1.29, 1.82) is 0 Å². The van der Waals surface area contributed by atoms with Crippen molar-refractivity contribution in [2.24, 2.45) is 0 Å². The number of aryl methyl sites for hydroxylation is 2. The van der Waals surface area contributed by atoms with Gasteiger partial charge in [-0.05, 0) is 48.4 Å². The van der Waals surface area contributed by atoms with E-state index < -0.39 is 42.8 Å². The zero-order chi connectivity index (χ0) is 23.9. The second-order valence-electron chi connectivity index (χ2n) is 6.76. The highest BCUT2D eigenvalue weighted by Crippen LogP contribution is 2.47. The molecule has 0 saturated heterocycles. The molecule has 1 aliphatic rings. The molecule has 2 aromatic rings. The van der Waals surface area contributed by atoms with Gasteiger partial charge in [-0.2, -0.15) is 43.2 Å². The van der Waals surface area contributed by atoms with Crippen LogP contribution >= 0.6 is 0 Å². The summed E-state index contributed by atoms with van der Waals surface area (Å²) in [7, 11) is -12.7. The summed E-state index contributed by atoms with van der Waals surface area (Å²) in [4.78, 5) is 0. The number of alkyl halides is 6. The van der Waals surface area contributed by atoms with Gasteiger partial charge in [0.05, 0.1) is 0 Å². The maximum Gasteiger partial charge on any atom is 0.534 e. The molecular formula is C18H14F6O6S2. The van der Waals surface area contributed by atoms with Crippen molar-refractivity contribution < 1.29 is 51.5 Å². The van der Waals surface area contributed by atoms with E-state index in [2.05, 4.69) is 8.37 Å². The molecule has 0 unspecified atom stereocenters. The molecule has 0 radical (unpaired) electrons. The molecule has 0 spiro atoms. The minimum Gasteiger partial charge on any atom is -0.372 e. The summed E-state index contributed by atoms with van der Waals surface area (Å²) in [5.41, 5.74) is -11.2. The normalized spacial score (nSPS) is 15.2. The topological polar surface area (TPSA) is 86.7 Å². The van der Waals surface area contributed by atoms with Crippen LogP contribution in [0.15, 0.2) is 36.4 Å². The van der Waals surface area contributed by atoms with Gasteiger partial charge in [-0.1, -0.05) is 30.3 Å². The van der Waals surface area contributed by atoms with Crippen LogP contribution in [0.2, 0.25) is 0 Å². The third kappa shape index (κ3) is 4.65. The number of rotatable bonds is 4. The van der Waals surface area contributed by atoms with Crippen LogP contribution in [0.5, 0.6) is 11.5 Å². The summed E-state index contributed by atoms with van der Waals surface area (Å²) in [6.07, 6.45) is 1.85. The Labute approximate surface area is 179 Å². The number of fused-ring (bicyclic) bond motifs is 3. The molecule has 0 aliphatic heterocycles. The van der Waals surface area contributed by atoms with E-state index in [0.717, 1.165) is 6.07 Å². The zero-order valence-electron chi connectivity index (χ0n) is 15.8. The summed E-state index contributed by atoms with van der Waals surface area (Å²) < 4.78 is 132. The lowest BCUT2D eigenvalue weighted by atomic mass is 9.87. The first-order valence-corrected chi connectivity index (χ1v) is 11.7. The molecule has 2 aromatic carbocycles. The van der Waals surface area contributed by atoms with Crippen molar-refractivity contribution >= 4 is 20.2 Å². The fourth-order valence-electron chi connectivity index (χ4n) is 3.19. The predicted molar refractivity (Wildman–Crippen MR) is 99.7 cm³/mol. The van der Waals surface area contributed by atoms with Crippen molar-refractivity contribution in [1.82, 2.24) is 0 Å². The Kier molecular flexibility index (Phi) is 6.15. The smallest absolute Gasteiger partial charge is 0.372 e. The van der Waals surface area contributed by atoms with Crippen LogP contribution in [0.25, 0.3) is 11.1 Å². The van der Waals surface area contributed by atoms with E-state index in [0.29, 0.717) is 30.9 Å². The number of hydrogen-bond donors (Lipinski definition) is 0. The third-order valence-corrected chi connectivity index (χ3v) is 6.52. The van der Waals surface area contributed by atoms with Crippen molar-refractivity contribution in [2.45, 2.75) is 36.7 Å². The van der Waals surface area contributed by atoms with Gasteiger partial charge in [-0.25, -0.2) is 0 Å². The van der Waals surface area contributed by atoms with Crippen molar-refractivity contribution in [3.05, 3.63) is 47.5 Å². The van der Waals surface area contributed by atoms with Crippen LogP contribution in [0.1, 0.15) is 24.0 Å². The van der Waals surface area contributed by atoms with E-state index >= 15 is 0 Å². The van der Waals surface area contributed by atoms with Gasteiger partial charge in [0.1, 0.15) is 0 Å². The van der Waals surface area contributed by atoms with Gasteiger partial charge in [-0.15, -0.1) is 0 Å². The Morgan fingerprint density at radius 3 is 1.81 bits per heavy atom. The average Bonchev–Trinajstić information content (AvgIpc) is 2.63. The first kappa shape index (κ1) is 24.2. The molecule has 1 aliphatic carbocycles. The van der Waals surface area contributed by atoms with E-state index in [1.807, 2.05) is 0 Å². The average molecular weight is 504 g/mol. The maximum absolute atomic E-state index is 13.0. The Hall–Kier alpha value is -2.48. The van der Waals surface area contributed by atoms with E-state index in [4.69, 9.17) is 0 Å². The van der Waals surface area contributed by atoms with Crippen LogP contribution in [0.4, 0.5) is 26.3 Å². The van der Waals surface area contributed by atoms with Gasteiger partial charge in [-0.3, -0.25) is 0 Å². The molecule has 0 N–H and O–H groups in total.